The molecule has 1 rings (SSSR count). The van der Waals surface area contributed by atoms with Gasteiger partial charge in [0.2, 0.25) is 0 Å². The highest BCUT2D eigenvalue weighted by Gasteiger charge is 2.48. The van der Waals surface area contributed by atoms with Gasteiger partial charge in [0.05, 0.1) is 19.8 Å². The van der Waals surface area contributed by atoms with Crippen molar-refractivity contribution in [2.24, 2.45) is 0 Å². The first-order valence-corrected chi connectivity index (χ1v) is 28.1. The second kappa shape index (κ2) is 45.7. The molecule has 4 N–H and O–H groups in total. The van der Waals surface area contributed by atoms with Gasteiger partial charge in [-0.15, -0.1) is 0 Å². The van der Waals surface area contributed by atoms with Gasteiger partial charge in [-0.25, -0.2) is 4.18 Å². The average molecular weight is 981 g/mol. The lowest BCUT2D eigenvalue weighted by Crippen LogP contribution is -2.60. The molecule has 0 aromatic rings. The highest BCUT2D eigenvalue weighted by molar-refractivity contribution is 7.80. The molecule has 68 heavy (non-hydrogen) atoms. The Morgan fingerprint density at radius 1 is 0.574 bits per heavy atom. The maximum atomic E-state index is 12.9. The number of allylic oxidation sites excluding steroid dienone is 12. The third-order valence-electron chi connectivity index (χ3n) is 11.8. The predicted molar refractivity (Wildman–Crippen MR) is 276 cm³/mol. The van der Waals surface area contributed by atoms with E-state index in [1.54, 1.807) is 0 Å². The van der Waals surface area contributed by atoms with Crippen LogP contribution in [0.1, 0.15) is 206 Å². The lowest BCUT2D eigenvalue weighted by atomic mass is 9.99. The molecule has 1 fully saturated rings. The zero-order chi connectivity index (χ0) is 49.6. The summed E-state index contributed by atoms with van der Waals surface area (Å²) in [5.74, 6) is -0.415. The average Bonchev–Trinajstić information content (AvgIpc) is 3.31. The van der Waals surface area contributed by atoms with Gasteiger partial charge >= 0.3 is 16.4 Å². The molecule has 0 saturated carbocycles. The molecule has 1 aliphatic rings. The van der Waals surface area contributed by atoms with Crippen molar-refractivity contribution in [1.82, 2.24) is 0 Å². The van der Waals surface area contributed by atoms with Crippen LogP contribution in [0, 0.1) is 0 Å². The van der Waals surface area contributed by atoms with Crippen LogP contribution >= 0.6 is 0 Å². The van der Waals surface area contributed by atoms with E-state index in [4.69, 9.17) is 18.9 Å². The van der Waals surface area contributed by atoms with Crippen molar-refractivity contribution < 1.29 is 56.2 Å². The van der Waals surface area contributed by atoms with Crippen LogP contribution in [0.4, 0.5) is 0 Å². The number of carbonyl (C=O) groups excluding carboxylic acids is 1. The van der Waals surface area contributed by atoms with Crippen molar-refractivity contribution in [3.8, 4) is 0 Å². The molecule has 6 unspecified atom stereocenters. The van der Waals surface area contributed by atoms with E-state index in [9.17, 15) is 33.1 Å². The summed E-state index contributed by atoms with van der Waals surface area (Å²) in [6, 6.07) is 0. The van der Waals surface area contributed by atoms with Crippen molar-refractivity contribution in [2.75, 3.05) is 26.4 Å². The standard InChI is InChI=1S/C55H96O12S/c1-3-5-7-9-11-13-15-17-19-21-23-24-25-27-29-31-33-35-37-39-41-43-45-63-47-49(48-64-55-53(59)54(67-68(60,61)62)52(58)50(46-56)66-55)65-51(57)44-42-40-38-36-34-32-30-28-26-22-20-18-16-14-12-10-8-6-4-2/h6,8,12,14-15,17-18,20-21,23,26,28,49-50,52-56,58-59H,3-5,7,9-11,13,16,19,22,24-25,27,29-48H2,1-2H3,(H,60,61,62)/b8-6-,14-12-,17-15-,20-18-,23-21-,28-26-. The van der Waals surface area contributed by atoms with Gasteiger partial charge in [-0.05, 0) is 83.5 Å². The zero-order valence-corrected chi connectivity index (χ0v) is 43.2. The summed E-state index contributed by atoms with van der Waals surface area (Å²) >= 11 is 0. The van der Waals surface area contributed by atoms with Gasteiger partial charge in [-0.2, -0.15) is 8.42 Å². The Hall–Kier alpha value is -2.46. The van der Waals surface area contributed by atoms with E-state index in [0.717, 1.165) is 89.9 Å². The Bertz CT molecular complexity index is 1460. The number of esters is 1. The van der Waals surface area contributed by atoms with Gasteiger partial charge in [0, 0.05) is 13.0 Å². The van der Waals surface area contributed by atoms with Crippen LogP contribution in [-0.2, 0) is 38.3 Å². The van der Waals surface area contributed by atoms with Crippen molar-refractivity contribution in [3.63, 3.8) is 0 Å². The first-order chi connectivity index (χ1) is 33.1. The Labute approximate surface area is 413 Å². The SMILES string of the molecule is CC/C=C\C/C=C\C/C=C\C/C=C\CCCCCCCCC(=O)OC(COCCCCCCCCCCCC/C=C\C/C=C\CCCCCCC)COC1OC(CO)C(O)C(OS(=O)(=O)O)C1O. The van der Waals surface area contributed by atoms with Crippen molar-refractivity contribution in [1.29, 1.82) is 0 Å². The second-order valence-corrected chi connectivity index (χ2v) is 19.1. The molecule has 1 heterocycles. The molecule has 0 aliphatic carbocycles. The minimum atomic E-state index is -5.07. The van der Waals surface area contributed by atoms with Gasteiger partial charge in [0.1, 0.15) is 30.5 Å². The lowest BCUT2D eigenvalue weighted by Gasteiger charge is -2.41. The number of ether oxygens (including phenoxy) is 4. The van der Waals surface area contributed by atoms with Gasteiger partial charge < -0.3 is 34.3 Å². The maximum absolute atomic E-state index is 12.9. The highest BCUT2D eigenvalue weighted by atomic mass is 32.3. The molecule has 0 amide bonds. The number of unbranched alkanes of at least 4 members (excludes halogenated alkanes) is 21. The second-order valence-electron chi connectivity index (χ2n) is 18.1. The maximum Gasteiger partial charge on any atom is 0.397 e. The van der Waals surface area contributed by atoms with Crippen LogP contribution < -0.4 is 0 Å². The van der Waals surface area contributed by atoms with E-state index < -0.39 is 59.8 Å². The molecule has 1 saturated heterocycles. The fraction of sp³-hybridized carbons (Fsp3) is 0.764. The minimum absolute atomic E-state index is 0.0247. The number of hydrogen-bond acceptors (Lipinski definition) is 11. The number of aliphatic hydroxyl groups is 3. The summed E-state index contributed by atoms with van der Waals surface area (Å²) in [6.45, 7) is 3.85. The van der Waals surface area contributed by atoms with Crippen LogP contribution in [0.2, 0.25) is 0 Å². The quantitative estimate of drug-likeness (QED) is 0.0197. The summed E-state index contributed by atoms with van der Waals surface area (Å²) in [5.41, 5.74) is 0. The Kier molecular flexibility index (Phi) is 42.7. The fourth-order valence-electron chi connectivity index (χ4n) is 7.81. The zero-order valence-electron chi connectivity index (χ0n) is 42.4. The molecule has 13 heteroatoms. The Balaban J connectivity index is 2.36. The molecule has 0 radical (unpaired) electrons. The van der Waals surface area contributed by atoms with Crippen molar-refractivity contribution in [2.45, 2.75) is 243 Å². The first kappa shape index (κ1) is 63.6. The number of carbonyl (C=O) groups is 1. The van der Waals surface area contributed by atoms with Crippen LogP contribution in [0.15, 0.2) is 72.9 Å². The van der Waals surface area contributed by atoms with Crippen molar-refractivity contribution >= 4 is 16.4 Å². The van der Waals surface area contributed by atoms with E-state index in [1.807, 2.05) is 0 Å². The summed E-state index contributed by atoms with van der Waals surface area (Å²) in [4.78, 5) is 12.9. The minimum Gasteiger partial charge on any atom is -0.457 e. The van der Waals surface area contributed by atoms with E-state index in [1.165, 1.54) is 89.9 Å². The summed E-state index contributed by atoms with van der Waals surface area (Å²) in [6.07, 6.45) is 50.7. The Morgan fingerprint density at radius 2 is 1.01 bits per heavy atom. The molecule has 0 aromatic heterocycles. The van der Waals surface area contributed by atoms with E-state index in [-0.39, 0.29) is 19.6 Å². The molecule has 0 aromatic carbocycles. The fourth-order valence-corrected chi connectivity index (χ4v) is 8.32. The summed E-state index contributed by atoms with van der Waals surface area (Å²) < 4.78 is 59.3. The van der Waals surface area contributed by atoms with Gasteiger partial charge in [-0.1, -0.05) is 189 Å². The van der Waals surface area contributed by atoms with E-state index >= 15 is 0 Å². The molecule has 0 bridgehead atoms. The molecular formula is C55H96O12S. The largest absolute Gasteiger partial charge is 0.457 e. The third kappa shape index (κ3) is 38.3. The topological polar surface area (TPSA) is 178 Å². The molecule has 6 atom stereocenters. The molecular weight excluding hydrogens is 885 g/mol. The van der Waals surface area contributed by atoms with E-state index in [2.05, 4.69) is 90.9 Å². The van der Waals surface area contributed by atoms with Gasteiger partial charge in [-0.3, -0.25) is 9.35 Å². The van der Waals surface area contributed by atoms with Crippen LogP contribution in [0.5, 0.6) is 0 Å². The van der Waals surface area contributed by atoms with Gasteiger partial charge in [0.25, 0.3) is 0 Å². The van der Waals surface area contributed by atoms with Crippen LogP contribution in [-0.4, -0.2) is 97.5 Å². The number of aliphatic hydroxyl groups excluding tert-OH is 3. The monoisotopic (exact) mass is 981 g/mol. The highest BCUT2D eigenvalue weighted by Crippen LogP contribution is 2.26. The predicted octanol–water partition coefficient (Wildman–Crippen LogP) is 12.6. The number of hydrogen-bond donors (Lipinski definition) is 4. The van der Waals surface area contributed by atoms with E-state index in [0.29, 0.717) is 13.0 Å². The summed E-state index contributed by atoms with van der Waals surface area (Å²) in [7, 11) is -5.07. The smallest absolute Gasteiger partial charge is 0.397 e. The normalized spacial score (nSPS) is 19.9. The lowest BCUT2D eigenvalue weighted by molar-refractivity contribution is -0.301. The van der Waals surface area contributed by atoms with Gasteiger partial charge in [0.15, 0.2) is 6.29 Å². The van der Waals surface area contributed by atoms with Crippen LogP contribution in [0.3, 0.4) is 0 Å². The molecule has 1 aliphatic heterocycles. The first-order valence-electron chi connectivity index (χ1n) is 26.7. The molecule has 12 nitrogen and oxygen atoms in total. The molecule has 394 valence electrons. The number of rotatable bonds is 46. The summed E-state index contributed by atoms with van der Waals surface area (Å²) in [5, 5.41) is 30.8. The molecule has 0 spiro atoms. The van der Waals surface area contributed by atoms with Crippen molar-refractivity contribution in [3.05, 3.63) is 72.9 Å². The van der Waals surface area contributed by atoms with Crippen LogP contribution in [0.25, 0.3) is 0 Å². The third-order valence-corrected chi connectivity index (χ3v) is 12.3. The Morgan fingerprint density at radius 3 is 1.49 bits per heavy atom.